The van der Waals surface area contributed by atoms with Gasteiger partial charge < -0.3 is 5.11 Å². The lowest BCUT2D eigenvalue weighted by Crippen LogP contribution is -2.38. The minimum absolute atomic E-state index is 0.359. The molecule has 0 radical (unpaired) electrons. The number of rotatable bonds is 3. The van der Waals surface area contributed by atoms with E-state index in [9.17, 15) is 5.11 Å². The van der Waals surface area contributed by atoms with Crippen molar-refractivity contribution in [3.63, 3.8) is 0 Å². The van der Waals surface area contributed by atoms with Crippen molar-refractivity contribution in [1.82, 2.24) is 9.80 Å². The second-order valence-electron chi connectivity index (χ2n) is 6.35. The number of hydrogen-bond acceptors (Lipinski definition) is 3. The molecule has 0 aliphatic carbocycles. The van der Waals surface area contributed by atoms with Crippen molar-refractivity contribution in [3.8, 4) is 5.75 Å². The fourth-order valence-electron chi connectivity index (χ4n) is 4.02. The van der Waals surface area contributed by atoms with Gasteiger partial charge in [0.15, 0.2) is 0 Å². The minimum Gasteiger partial charge on any atom is -0.508 e. The van der Waals surface area contributed by atoms with E-state index in [-0.39, 0.29) is 0 Å². The van der Waals surface area contributed by atoms with Gasteiger partial charge in [-0.25, -0.2) is 0 Å². The predicted octanol–water partition coefficient (Wildman–Crippen LogP) is 3.01. The highest BCUT2D eigenvalue weighted by Gasteiger charge is 2.36. The van der Waals surface area contributed by atoms with Crippen LogP contribution in [-0.2, 0) is 0 Å². The maximum atomic E-state index is 9.47. The topological polar surface area (TPSA) is 26.7 Å². The van der Waals surface area contributed by atoms with E-state index in [2.05, 4.69) is 35.9 Å². The number of likely N-dealkylation sites (N-methyl/N-ethyl adjacent to an activating group) is 1. The molecule has 20 heavy (non-hydrogen) atoms. The van der Waals surface area contributed by atoms with Crippen LogP contribution in [0.25, 0.3) is 0 Å². The van der Waals surface area contributed by atoms with Gasteiger partial charge in [0.25, 0.3) is 0 Å². The van der Waals surface area contributed by atoms with Crippen LogP contribution in [-0.4, -0.2) is 47.1 Å². The molecule has 0 amide bonds. The average molecular weight is 274 g/mol. The van der Waals surface area contributed by atoms with Gasteiger partial charge in [0, 0.05) is 31.2 Å². The first-order valence-corrected chi connectivity index (χ1v) is 7.94. The fourth-order valence-corrected chi connectivity index (χ4v) is 4.02. The summed E-state index contributed by atoms with van der Waals surface area (Å²) in [5, 5.41) is 9.47. The predicted molar refractivity (Wildman–Crippen MR) is 81.9 cm³/mol. The molecule has 2 aliphatic heterocycles. The van der Waals surface area contributed by atoms with Gasteiger partial charge in [-0.15, -0.1) is 0 Å². The van der Waals surface area contributed by atoms with Gasteiger partial charge in [-0.2, -0.15) is 0 Å². The maximum absolute atomic E-state index is 9.47. The van der Waals surface area contributed by atoms with Gasteiger partial charge in [-0.1, -0.05) is 19.1 Å². The summed E-state index contributed by atoms with van der Waals surface area (Å²) in [5.41, 5.74) is 1.34. The largest absolute Gasteiger partial charge is 0.508 e. The normalized spacial score (nSPS) is 29.3. The summed E-state index contributed by atoms with van der Waals surface area (Å²) in [6.07, 6.45) is 5.15. The van der Waals surface area contributed by atoms with E-state index in [1.807, 2.05) is 12.1 Å². The smallest absolute Gasteiger partial charge is 0.115 e. The minimum atomic E-state index is 0.359. The molecule has 2 heterocycles. The molecular formula is C17H26N2O. The van der Waals surface area contributed by atoms with Gasteiger partial charge in [0.1, 0.15) is 5.75 Å². The second-order valence-corrected chi connectivity index (χ2v) is 6.35. The zero-order chi connectivity index (χ0) is 14.1. The Kier molecular flexibility index (Phi) is 3.99. The fraction of sp³-hybridized carbons (Fsp3) is 0.647. The zero-order valence-corrected chi connectivity index (χ0v) is 12.6. The standard InChI is InChI=1S/C17H26N2O/c1-3-17(13-4-8-16(20)9-5-13)19-11-10-14-6-7-15(12-19)18(14)2/h4-5,8-9,14-15,17,20H,3,6-7,10-12H2,1-2H3. The van der Waals surface area contributed by atoms with E-state index in [4.69, 9.17) is 0 Å². The van der Waals surface area contributed by atoms with Gasteiger partial charge >= 0.3 is 0 Å². The third-order valence-corrected chi connectivity index (χ3v) is 5.29. The summed E-state index contributed by atoms with van der Waals surface area (Å²) >= 11 is 0. The van der Waals surface area contributed by atoms with Crippen LogP contribution in [0.15, 0.2) is 24.3 Å². The number of benzene rings is 1. The lowest BCUT2D eigenvalue weighted by atomic mass is 10.00. The van der Waals surface area contributed by atoms with Crippen molar-refractivity contribution in [2.24, 2.45) is 0 Å². The van der Waals surface area contributed by atoms with Crippen LogP contribution in [0.3, 0.4) is 0 Å². The number of phenols is 1. The van der Waals surface area contributed by atoms with E-state index in [0.29, 0.717) is 11.8 Å². The Bertz CT molecular complexity index is 445. The van der Waals surface area contributed by atoms with Crippen LogP contribution >= 0.6 is 0 Å². The summed E-state index contributed by atoms with van der Waals surface area (Å²) in [7, 11) is 2.30. The number of likely N-dealkylation sites (tertiary alicyclic amines) is 1. The lowest BCUT2D eigenvalue weighted by Gasteiger charge is -2.33. The second kappa shape index (κ2) is 5.74. The van der Waals surface area contributed by atoms with Gasteiger partial charge in [0.2, 0.25) is 0 Å². The highest BCUT2D eigenvalue weighted by molar-refractivity contribution is 5.28. The number of phenolic OH excluding ortho intramolecular Hbond substituents is 1. The molecule has 3 atom stereocenters. The molecule has 0 spiro atoms. The lowest BCUT2D eigenvalue weighted by molar-refractivity contribution is 0.167. The van der Waals surface area contributed by atoms with E-state index >= 15 is 0 Å². The molecule has 1 aromatic rings. The van der Waals surface area contributed by atoms with Crippen molar-refractivity contribution in [1.29, 1.82) is 0 Å². The molecule has 2 saturated heterocycles. The van der Waals surface area contributed by atoms with E-state index < -0.39 is 0 Å². The third-order valence-electron chi connectivity index (χ3n) is 5.29. The maximum Gasteiger partial charge on any atom is 0.115 e. The first kappa shape index (κ1) is 13.9. The Hall–Kier alpha value is -1.06. The van der Waals surface area contributed by atoms with Crippen LogP contribution in [0.1, 0.15) is 44.2 Å². The van der Waals surface area contributed by atoms with Crippen LogP contribution < -0.4 is 0 Å². The van der Waals surface area contributed by atoms with Crippen molar-refractivity contribution in [2.45, 2.75) is 50.7 Å². The zero-order valence-electron chi connectivity index (χ0n) is 12.6. The SMILES string of the molecule is CCC(c1ccc(O)cc1)N1CCC2CCC(C1)N2C. The Labute approximate surface area is 122 Å². The average Bonchev–Trinajstić information content (AvgIpc) is 2.69. The van der Waals surface area contributed by atoms with Gasteiger partial charge in [-0.3, -0.25) is 9.80 Å². The molecular weight excluding hydrogens is 248 g/mol. The molecule has 2 fully saturated rings. The molecule has 0 aromatic heterocycles. The molecule has 3 nitrogen and oxygen atoms in total. The van der Waals surface area contributed by atoms with E-state index in [1.165, 1.54) is 37.9 Å². The summed E-state index contributed by atoms with van der Waals surface area (Å²) in [6, 6.07) is 9.80. The molecule has 1 aromatic carbocycles. The van der Waals surface area contributed by atoms with E-state index in [0.717, 1.165) is 18.5 Å². The molecule has 3 heteroatoms. The number of fused-ring (bicyclic) bond motifs is 2. The summed E-state index contributed by atoms with van der Waals surface area (Å²) < 4.78 is 0. The molecule has 2 bridgehead atoms. The molecule has 1 N–H and O–H groups in total. The van der Waals surface area contributed by atoms with Gasteiger partial charge in [0.05, 0.1) is 0 Å². The first-order valence-electron chi connectivity index (χ1n) is 7.94. The summed E-state index contributed by atoms with van der Waals surface area (Å²) in [4.78, 5) is 5.26. The summed E-state index contributed by atoms with van der Waals surface area (Å²) in [6.45, 7) is 4.65. The quantitative estimate of drug-likeness (QED) is 0.918. The monoisotopic (exact) mass is 274 g/mol. The molecule has 0 saturated carbocycles. The van der Waals surface area contributed by atoms with Crippen molar-refractivity contribution < 1.29 is 5.11 Å². The van der Waals surface area contributed by atoms with Crippen molar-refractivity contribution >= 4 is 0 Å². The van der Waals surface area contributed by atoms with Crippen LogP contribution in [0.5, 0.6) is 5.75 Å². The molecule has 2 aliphatic rings. The van der Waals surface area contributed by atoms with Crippen molar-refractivity contribution in [2.75, 3.05) is 20.1 Å². The Balaban J connectivity index is 1.77. The van der Waals surface area contributed by atoms with Crippen LogP contribution in [0.4, 0.5) is 0 Å². The highest BCUT2D eigenvalue weighted by Crippen LogP contribution is 2.33. The number of hydrogen-bond donors (Lipinski definition) is 1. The molecule has 3 rings (SSSR count). The molecule has 3 unspecified atom stereocenters. The van der Waals surface area contributed by atoms with Crippen LogP contribution in [0, 0.1) is 0 Å². The first-order chi connectivity index (χ1) is 9.69. The Morgan fingerprint density at radius 1 is 1.15 bits per heavy atom. The highest BCUT2D eigenvalue weighted by atomic mass is 16.3. The van der Waals surface area contributed by atoms with Crippen LogP contribution in [0.2, 0.25) is 0 Å². The van der Waals surface area contributed by atoms with Crippen molar-refractivity contribution in [3.05, 3.63) is 29.8 Å². The third kappa shape index (κ3) is 2.57. The Morgan fingerprint density at radius 3 is 2.55 bits per heavy atom. The van der Waals surface area contributed by atoms with Gasteiger partial charge in [-0.05, 0) is 50.4 Å². The Morgan fingerprint density at radius 2 is 1.85 bits per heavy atom. The summed E-state index contributed by atoms with van der Waals surface area (Å²) in [5.74, 6) is 0.359. The number of nitrogens with zero attached hydrogens (tertiary/aromatic N) is 2. The molecule has 110 valence electrons. The van der Waals surface area contributed by atoms with E-state index in [1.54, 1.807) is 0 Å². The number of aromatic hydroxyl groups is 1.